The molecule has 2 rings (SSSR count). The van der Waals surface area contributed by atoms with Crippen molar-refractivity contribution in [1.82, 2.24) is 0 Å². The number of rotatable bonds is 0. The Labute approximate surface area is 94.7 Å². The minimum atomic E-state index is 0. The lowest BCUT2D eigenvalue weighted by Crippen LogP contribution is -2.33. The van der Waals surface area contributed by atoms with E-state index in [0.29, 0.717) is 10.8 Å². The molecule has 0 fully saturated rings. The fraction of sp³-hybridized carbons (Fsp3) is 0.600. The highest BCUT2D eigenvalue weighted by Gasteiger charge is 2.36. The Morgan fingerprint density at radius 1 is 0.800 bits per heavy atom. The van der Waals surface area contributed by atoms with E-state index in [0.717, 1.165) is 0 Å². The quantitative estimate of drug-likeness (QED) is 0.576. The minimum Gasteiger partial charge on any atom is -0.0776 e. The molecule has 0 heterocycles. The molecule has 1 aromatic carbocycles. The van der Waals surface area contributed by atoms with Crippen LogP contribution in [0.15, 0.2) is 24.3 Å². The van der Waals surface area contributed by atoms with Crippen molar-refractivity contribution in [2.45, 2.75) is 58.8 Å². The van der Waals surface area contributed by atoms with E-state index in [1.165, 1.54) is 12.8 Å². The summed E-state index contributed by atoms with van der Waals surface area (Å²) in [5.41, 5.74) is 3.84. The second-order valence-electron chi connectivity index (χ2n) is 5.81. The number of fused-ring (bicyclic) bond motifs is 1. The highest BCUT2D eigenvalue weighted by molar-refractivity contribution is 5.40. The standard InChI is InChI=1S/C14H20.CH4/c1-13(2)9-10-14(3,4)12-8-6-5-7-11(12)13;/h5-8H,9-10H2,1-4H3;1H4. The molecule has 0 spiro atoms. The van der Waals surface area contributed by atoms with Crippen LogP contribution in [0.25, 0.3) is 0 Å². The van der Waals surface area contributed by atoms with E-state index < -0.39 is 0 Å². The zero-order chi connectivity index (χ0) is 10.4. The van der Waals surface area contributed by atoms with Crippen LogP contribution in [0, 0.1) is 0 Å². The smallest absolute Gasteiger partial charge is 0.0100 e. The zero-order valence-electron chi connectivity index (χ0n) is 9.72. The molecule has 0 unspecified atom stereocenters. The van der Waals surface area contributed by atoms with Crippen LogP contribution < -0.4 is 0 Å². The summed E-state index contributed by atoms with van der Waals surface area (Å²) in [6, 6.07) is 8.94. The third-order valence-corrected chi connectivity index (χ3v) is 3.76. The summed E-state index contributed by atoms with van der Waals surface area (Å²) in [5, 5.41) is 0. The molecular weight excluding hydrogens is 180 g/mol. The summed E-state index contributed by atoms with van der Waals surface area (Å²) in [7, 11) is 0. The van der Waals surface area contributed by atoms with Crippen LogP contribution in [0.2, 0.25) is 0 Å². The first kappa shape index (κ1) is 12.3. The normalized spacial score (nSPS) is 21.3. The van der Waals surface area contributed by atoms with E-state index in [2.05, 4.69) is 52.0 Å². The first-order valence-corrected chi connectivity index (χ1v) is 5.53. The average Bonchev–Trinajstić information content (AvgIpc) is 2.14. The van der Waals surface area contributed by atoms with Gasteiger partial charge in [0.05, 0.1) is 0 Å². The molecule has 0 saturated carbocycles. The number of hydrogen-bond donors (Lipinski definition) is 0. The Morgan fingerprint density at radius 3 is 1.47 bits per heavy atom. The van der Waals surface area contributed by atoms with Crippen LogP contribution >= 0.6 is 0 Å². The Morgan fingerprint density at radius 2 is 1.13 bits per heavy atom. The lowest BCUT2D eigenvalue weighted by atomic mass is 9.63. The van der Waals surface area contributed by atoms with Crippen LogP contribution in [-0.2, 0) is 10.8 Å². The van der Waals surface area contributed by atoms with E-state index in [1.54, 1.807) is 11.1 Å². The third kappa shape index (κ3) is 1.95. The maximum Gasteiger partial charge on any atom is -0.0100 e. The molecule has 0 aromatic heterocycles. The lowest BCUT2D eigenvalue weighted by molar-refractivity contribution is 0.332. The zero-order valence-corrected chi connectivity index (χ0v) is 9.72. The number of benzene rings is 1. The SMILES string of the molecule is C.CC1(C)CCC(C)(C)c2ccccc21. The summed E-state index contributed by atoms with van der Waals surface area (Å²) < 4.78 is 0. The van der Waals surface area contributed by atoms with Crippen LogP contribution in [0.3, 0.4) is 0 Å². The van der Waals surface area contributed by atoms with Gasteiger partial charge < -0.3 is 0 Å². The van der Waals surface area contributed by atoms with Gasteiger partial charge in [-0.2, -0.15) is 0 Å². The van der Waals surface area contributed by atoms with Crippen molar-refractivity contribution in [3.63, 3.8) is 0 Å². The second-order valence-corrected chi connectivity index (χ2v) is 5.81. The fourth-order valence-electron chi connectivity index (χ4n) is 2.56. The molecule has 0 atom stereocenters. The van der Waals surface area contributed by atoms with Gasteiger partial charge in [0.2, 0.25) is 0 Å². The van der Waals surface area contributed by atoms with Gasteiger partial charge in [-0.3, -0.25) is 0 Å². The first-order chi connectivity index (χ1) is 6.43. The molecule has 0 bridgehead atoms. The van der Waals surface area contributed by atoms with E-state index >= 15 is 0 Å². The monoisotopic (exact) mass is 204 g/mol. The molecule has 1 aromatic rings. The van der Waals surface area contributed by atoms with Crippen molar-refractivity contribution in [2.75, 3.05) is 0 Å². The van der Waals surface area contributed by atoms with Gasteiger partial charge in [0.25, 0.3) is 0 Å². The molecule has 15 heavy (non-hydrogen) atoms. The Balaban J connectivity index is 0.00000112. The molecule has 1 aliphatic rings. The summed E-state index contributed by atoms with van der Waals surface area (Å²) in [6.45, 7) is 9.45. The highest BCUT2D eigenvalue weighted by atomic mass is 14.4. The van der Waals surface area contributed by atoms with Crippen molar-refractivity contribution >= 4 is 0 Å². The average molecular weight is 204 g/mol. The van der Waals surface area contributed by atoms with Crippen LogP contribution in [-0.4, -0.2) is 0 Å². The highest BCUT2D eigenvalue weighted by Crippen LogP contribution is 2.45. The molecule has 0 radical (unpaired) electrons. The molecule has 0 aliphatic heterocycles. The maximum absolute atomic E-state index is 2.36. The summed E-state index contributed by atoms with van der Waals surface area (Å²) in [5.74, 6) is 0. The van der Waals surface area contributed by atoms with Crippen molar-refractivity contribution < 1.29 is 0 Å². The third-order valence-electron chi connectivity index (χ3n) is 3.76. The Kier molecular flexibility index (Phi) is 3.00. The summed E-state index contributed by atoms with van der Waals surface area (Å²) >= 11 is 0. The van der Waals surface area contributed by atoms with Gasteiger partial charge in [0, 0.05) is 0 Å². The second kappa shape index (κ2) is 3.66. The van der Waals surface area contributed by atoms with Gasteiger partial charge in [0.1, 0.15) is 0 Å². The van der Waals surface area contributed by atoms with Gasteiger partial charge in [-0.1, -0.05) is 59.4 Å². The predicted octanol–water partition coefficient (Wildman–Crippen LogP) is 4.67. The minimum absolute atomic E-state index is 0. The van der Waals surface area contributed by atoms with Crippen molar-refractivity contribution in [3.05, 3.63) is 35.4 Å². The molecule has 0 N–H and O–H groups in total. The lowest BCUT2D eigenvalue weighted by Gasteiger charge is -2.41. The van der Waals surface area contributed by atoms with E-state index in [1.807, 2.05) is 0 Å². The van der Waals surface area contributed by atoms with Crippen molar-refractivity contribution in [2.24, 2.45) is 0 Å². The molecule has 84 valence electrons. The van der Waals surface area contributed by atoms with Gasteiger partial charge in [-0.05, 0) is 34.8 Å². The molecule has 0 nitrogen and oxygen atoms in total. The topological polar surface area (TPSA) is 0 Å². The van der Waals surface area contributed by atoms with Crippen LogP contribution in [0.5, 0.6) is 0 Å². The van der Waals surface area contributed by atoms with Crippen molar-refractivity contribution in [3.8, 4) is 0 Å². The largest absolute Gasteiger partial charge is 0.0776 e. The van der Waals surface area contributed by atoms with Gasteiger partial charge in [-0.15, -0.1) is 0 Å². The van der Waals surface area contributed by atoms with E-state index in [9.17, 15) is 0 Å². The van der Waals surface area contributed by atoms with Crippen LogP contribution in [0.4, 0.5) is 0 Å². The van der Waals surface area contributed by atoms with E-state index in [4.69, 9.17) is 0 Å². The molecule has 0 heteroatoms. The van der Waals surface area contributed by atoms with Gasteiger partial charge >= 0.3 is 0 Å². The maximum atomic E-state index is 2.36. The summed E-state index contributed by atoms with van der Waals surface area (Å²) in [4.78, 5) is 0. The predicted molar refractivity (Wildman–Crippen MR) is 68.5 cm³/mol. The van der Waals surface area contributed by atoms with Gasteiger partial charge in [0.15, 0.2) is 0 Å². The molecule has 0 amide bonds. The molecule has 0 saturated heterocycles. The summed E-state index contributed by atoms with van der Waals surface area (Å²) in [6.07, 6.45) is 2.61. The molecule has 1 aliphatic carbocycles. The first-order valence-electron chi connectivity index (χ1n) is 5.53. The fourth-order valence-corrected chi connectivity index (χ4v) is 2.56. The number of hydrogen-bond acceptors (Lipinski definition) is 0. The Bertz CT molecular complexity index is 310. The van der Waals surface area contributed by atoms with Crippen LogP contribution in [0.1, 0.15) is 59.1 Å². The van der Waals surface area contributed by atoms with E-state index in [-0.39, 0.29) is 7.43 Å². The van der Waals surface area contributed by atoms with Crippen molar-refractivity contribution in [1.29, 1.82) is 0 Å². The Hall–Kier alpha value is -0.780. The van der Waals surface area contributed by atoms with Gasteiger partial charge in [-0.25, -0.2) is 0 Å². The molecular formula is C15H24.